The van der Waals surface area contributed by atoms with Crippen LogP contribution in [-0.2, 0) is 19.1 Å². The van der Waals surface area contributed by atoms with Gasteiger partial charge in [-0.2, -0.15) is 18.4 Å². The zero-order valence-electron chi connectivity index (χ0n) is 16.9. The molecule has 0 aliphatic carbocycles. The summed E-state index contributed by atoms with van der Waals surface area (Å²) in [7, 11) is 1.46. The number of hydrogen-bond donors (Lipinski definition) is 0. The van der Waals surface area contributed by atoms with Crippen LogP contribution in [0.2, 0.25) is 5.02 Å². The number of rotatable bonds is 6. The van der Waals surface area contributed by atoms with Crippen molar-refractivity contribution >= 4 is 11.6 Å². The molecule has 32 heavy (non-hydrogen) atoms. The maximum Gasteiger partial charge on any atom is 0.437 e. The molecule has 2 heterocycles. The van der Waals surface area contributed by atoms with Crippen LogP contribution in [0.4, 0.5) is 13.2 Å². The van der Waals surface area contributed by atoms with E-state index in [9.17, 15) is 18.0 Å². The van der Waals surface area contributed by atoms with Crippen molar-refractivity contribution in [2.24, 2.45) is 0 Å². The Balaban J connectivity index is 2.09. The van der Waals surface area contributed by atoms with Crippen molar-refractivity contribution < 1.29 is 22.6 Å². The number of nitrogens with zero attached hydrogens (tertiary/aromatic N) is 4. The number of alkyl halides is 3. The van der Waals surface area contributed by atoms with E-state index < -0.39 is 23.2 Å². The lowest BCUT2D eigenvalue weighted by molar-refractivity contribution is -0.142. The molecule has 11 heteroatoms. The molecule has 0 aliphatic rings. The number of hydrogen-bond acceptors (Lipinski definition) is 6. The maximum absolute atomic E-state index is 13.5. The molecule has 2 aromatic heterocycles. The Hall–Kier alpha value is -3.58. The highest BCUT2D eigenvalue weighted by Gasteiger charge is 2.38. The van der Waals surface area contributed by atoms with Crippen molar-refractivity contribution in [1.82, 2.24) is 14.5 Å². The molecule has 0 radical (unpaired) electrons. The van der Waals surface area contributed by atoms with E-state index in [2.05, 4.69) is 9.97 Å². The van der Waals surface area contributed by atoms with E-state index in [-0.39, 0.29) is 22.9 Å². The summed E-state index contributed by atoms with van der Waals surface area (Å²) in [5, 5.41) is 9.11. The van der Waals surface area contributed by atoms with E-state index in [0.29, 0.717) is 23.6 Å². The fraction of sp³-hybridized carbons (Fsp3) is 0.238. The third-order valence-electron chi connectivity index (χ3n) is 4.41. The number of aryl methyl sites for hydroxylation is 1. The molecule has 3 aromatic rings. The van der Waals surface area contributed by atoms with Gasteiger partial charge in [-0.05, 0) is 30.2 Å². The lowest BCUT2D eigenvalue weighted by Crippen LogP contribution is -2.27. The molecule has 0 spiro atoms. The Morgan fingerprint density at radius 3 is 2.62 bits per heavy atom. The largest absolute Gasteiger partial charge is 0.481 e. The molecule has 0 unspecified atom stereocenters. The molecular formula is C21H16ClF3N4O3. The first-order valence-electron chi connectivity index (χ1n) is 9.24. The predicted octanol–water partition coefficient (Wildman–Crippen LogP) is 4.59. The van der Waals surface area contributed by atoms with Crippen molar-refractivity contribution in [1.29, 1.82) is 5.26 Å². The van der Waals surface area contributed by atoms with Crippen LogP contribution < -0.4 is 15.0 Å². The number of ether oxygens (including phenoxy) is 2. The standard InChI is InChI=1S/C21H16ClF3N4O3/c1-3-16-13(4-5-17(28-16)31-2)10-29-11-27-19(21(23,24)25)18(20(29)30)32-15-7-12(9-26)6-14(22)8-15/h4-8,11H,3,10H2,1-2H3. The first-order chi connectivity index (χ1) is 15.2. The van der Waals surface area contributed by atoms with Crippen LogP contribution in [0.25, 0.3) is 0 Å². The second-order valence-electron chi connectivity index (χ2n) is 6.56. The summed E-state index contributed by atoms with van der Waals surface area (Å²) >= 11 is 5.89. The summed E-state index contributed by atoms with van der Waals surface area (Å²) in [5.74, 6) is -0.844. The van der Waals surface area contributed by atoms with E-state index in [0.717, 1.165) is 10.9 Å². The molecule has 1 aromatic carbocycles. The molecule has 0 atom stereocenters. The van der Waals surface area contributed by atoms with Crippen LogP contribution in [0, 0.1) is 11.3 Å². The zero-order chi connectivity index (χ0) is 23.5. The molecule has 0 aliphatic heterocycles. The summed E-state index contributed by atoms with van der Waals surface area (Å²) in [6, 6.07) is 8.75. The fourth-order valence-electron chi connectivity index (χ4n) is 2.94. The van der Waals surface area contributed by atoms with Gasteiger partial charge in [0.2, 0.25) is 11.6 Å². The molecule has 0 saturated heterocycles. The number of halogens is 4. The third kappa shape index (κ3) is 5.00. The SMILES string of the molecule is CCc1nc(OC)ccc1Cn1cnc(C(F)(F)F)c(Oc2cc(Cl)cc(C#N)c2)c1=O. The Morgan fingerprint density at radius 2 is 2.00 bits per heavy atom. The van der Waals surface area contributed by atoms with Gasteiger partial charge in [-0.3, -0.25) is 9.36 Å². The molecule has 0 saturated carbocycles. The molecule has 7 nitrogen and oxygen atoms in total. The second-order valence-corrected chi connectivity index (χ2v) is 6.99. The molecule has 0 amide bonds. The van der Waals surface area contributed by atoms with Gasteiger partial charge in [0.15, 0.2) is 5.69 Å². The number of pyridine rings is 1. The zero-order valence-corrected chi connectivity index (χ0v) is 17.7. The third-order valence-corrected chi connectivity index (χ3v) is 4.63. The van der Waals surface area contributed by atoms with Crippen molar-refractivity contribution in [3.8, 4) is 23.4 Å². The fourth-order valence-corrected chi connectivity index (χ4v) is 3.16. The molecular weight excluding hydrogens is 449 g/mol. The lowest BCUT2D eigenvalue weighted by Gasteiger charge is -2.16. The summed E-state index contributed by atoms with van der Waals surface area (Å²) in [6.07, 6.45) is -3.63. The normalized spacial score (nSPS) is 11.2. The van der Waals surface area contributed by atoms with Crippen LogP contribution in [0.15, 0.2) is 41.5 Å². The molecule has 166 valence electrons. The molecule has 3 rings (SSSR count). The quantitative estimate of drug-likeness (QED) is 0.530. The predicted molar refractivity (Wildman–Crippen MR) is 109 cm³/mol. The average Bonchev–Trinajstić information content (AvgIpc) is 2.75. The monoisotopic (exact) mass is 464 g/mol. The van der Waals surface area contributed by atoms with E-state index in [1.807, 2.05) is 13.0 Å². The number of methoxy groups -OCH3 is 1. The van der Waals surface area contributed by atoms with Gasteiger partial charge in [0.05, 0.1) is 31.6 Å². The maximum atomic E-state index is 13.5. The minimum absolute atomic E-state index is 0.0576. The van der Waals surface area contributed by atoms with Gasteiger partial charge < -0.3 is 9.47 Å². The minimum Gasteiger partial charge on any atom is -0.481 e. The molecule has 0 fully saturated rings. The summed E-state index contributed by atoms with van der Waals surface area (Å²) in [4.78, 5) is 20.7. The van der Waals surface area contributed by atoms with Crippen LogP contribution in [0.1, 0.15) is 29.4 Å². The highest BCUT2D eigenvalue weighted by atomic mass is 35.5. The van der Waals surface area contributed by atoms with Gasteiger partial charge in [-0.1, -0.05) is 24.6 Å². The van der Waals surface area contributed by atoms with Gasteiger partial charge >= 0.3 is 6.18 Å². The van der Waals surface area contributed by atoms with Crippen molar-refractivity contribution in [3.05, 3.63) is 74.6 Å². The van der Waals surface area contributed by atoms with Gasteiger partial charge in [-0.25, -0.2) is 9.97 Å². The number of aromatic nitrogens is 3. The van der Waals surface area contributed by atoms with E-state index >= 15 is 0 Å². The number of nitriles is 1. The van der Waals surface area contributed by atoms with E-state index in [1.165, 1.54) is 25.3 Å². The Labute approximate surface area is 185 Å². The lowest BCUT2D eigenvalue weighted by atomic mass is 10.1. The van der Waals surface area contributed by atoms with Gasteiger partial charge in [0, 0.05) is 16.8 Å². The minimum atomic E-state index is -4.94. The number of benzene rings is 1. The summed E-state index contributed by atoms with van der Waals surface area (Å²) < 4.78 is 51.9. The van der Waals surface area contributed by atoms with E-state index in [1.54, 1.807) is 12.1 Å². The average molecular weight is 465 g/mol. The van der Waals surface area contributed by atoms with Crippen LogP contribution >= 0.6 is 11.6 Å². The van der Waals surface area contributed by atoms with Gasteiger partial charge in [-0.15, -0.1) is 0 Å². The van der Waals surface area contributed by atoms with Gasteiger partial charge in [0.25, 0.3) is 5.56 Å². The second kappa shape index (κ2) is 9.28. The smallest absolute Gasteiger partial charge is 0.437 e. The summed E-state index contributed by atoms with van der Waals surface area (Å²) in [5.41, 5.74) is -1.25. The Morgan fingerprint density at radius 1 is 1.25 bits per heavy atom. The first-order valence-corrected chi connectivity index (χ1v) is 9.62. The van der Waals surface area contributed by atoms with Crippen molar-refractivity contribution in [2.75, 3.05) is 7.11 Å². The highest BCUT2D eigenvalue weighted by Crippen LogP contribution is 2.35. The van der Waals surface area contributed by atoms with Crippen LogP contribution in [-0.4, -0.2) is 21.6 Å². The Kier molecular flexibility index (Phi) is 6.69. The first kappa shape index (κ1) is 23.1. The van der Waals surface area contributed by atoms with Crippen LogP contribution in [0.3, 0.4) is 0 Å². The topological polar surface area (TPSA) is 90.0 Å². The van der Waals surface area contributed by atoms with E-state index in [4.69, 9.17) is 26.3 Å². The van der Waals surface area contributed by atoms with Crippen molar-refractivity contribution in [3.63, 3.8) is 0 Å². The summed E-state index contributed by atoms with van der Waals surface area (Å²) in [6.45, 7) is 1.76. The van der Waals surface area contributed by atoms with Gasteiger partial charge in [0.1, 0.15) is 5.75 Å². The molecule has 0 bridgehead atoms. The highest BCUT2D eigenvalue weighted by molar-refractivity contribution is 6.30. The van der Waals surface area contributed by atoms with Crippen LogP contribution in [0.5, 0.6) is 17.4 Å². The molecule has 0 N–H and O–H groups in total. The van der Waals surface area contributed by atoms with Crippen molar-refractivity contribution in [2.45, 2.75) is 26.1 Å². The Bertz CT molecular complexity index is 1250.